The van der Waals surface area contributed by atoms with E-state index in [0.29, 0.717) is 18.7 Å². The second-order valence-electron chi connectivity index (χ2n) is 6.37. The maximum atomic E-state index is 12.6. The lowest BCUT2D eigenvalue weighted by molar-refractivity contribution is -0.917. The molecule has 25 heavy (non-hydrogen) atoms. The SMILES string of the molecule is CS(=O)(=O)c1ccc(C(=O)N2CC[NH+](Cc3ccncc3)CC2)cc1. The fourth-order valence-corrected chi connectivity index (χ4v) is 3.65. The number of carbonyl (C=O) groups is 1. The van der Waals surface area contributed by atoms with Gasteiger partial charge in [-0.1, -0.05) is 0 Å². The Bertz CT molecular complexity index is 828. The van der Waals surface area contributed by atoms with E-state index in [0.717, 1.165) is 25.9 Å². The number of carbonyl (C=O) groups excluding carboxylic acids is 1. The third-order valence-electron chi connectivity index (χ3n) is 4.49. The maximum absolute atomic E-state index is 12.6. The fraction of sp³-hybridized carbons (Fsp3) is 0.333. The molecule has 1 N–H and O–H groups in total. The molecule has 2 heterocycles. The molecule has 1 aliphatic rings. The van der Waals surface area contributed by atoms with Crippen molar-refractivity contribution in [2.24, 2.45) is 0 Å². The summed E-state index contributed by atoms with van der Waals surface area (Å²) in [7, 11) is -3.24. The summed E-state index contributed by atoms with van der Waals surface area (Å²) in [5.74, 6) is -0.0389. The molecule has 132 valence electrons. The Balaban J connectivity index is 1.58. The van der Waals surface area contributed by atoms with Crippen molar-refractivity contribution >= 4 is 15.7 Å². The van der Waals surface area contributed by atoms with Gasteiger partial charge in [-0.3, -0.25) is 9.78 Å². The van der Waals surface area contributed by atoms with Crippen LogP contribution in [0.25, 0.3) is 0 Å². The fourth-order valence-electron chi connectivity index (χ4n) is 3.02. The number of nitrogens with one attached hydrogen (secondary N) is 1. The third-order valence-corrected chi connectivity index (χ3v) is 5.62. The van der Waals surface area contributed by atoms with Crippen molar-refractivity contribution in [1.82, 2.24) is 9.88 Å². The first-order valence-corrected chi connectivity index (χ1v) is 10.1. The van der Waals surface area contributed by atoms with Crippen LogP contribution in [0.15, 0.2) is 53.7 Å². The van der Waals surface area contributed by atoms with Crippen molar-refractivity contribution < 1.29 is 18.1 Å². The van der Waals surface area contributed by atoms with Gasteiger partial charge in [-0.15, -0.1) is 0 Å². The molecular formula is C18H22N3O3S+. The molecule has 0 radical (unpaired) electrons. The molecule has 1 aliphatic heterocycles. The predicted molar refractivity (Wildman–Crippen MR) is 94.1 cm³/mol. The Hall–Kier alpha value is -2.25. The van der Waals surface area contributed by atoms with Crippen LogP contribution < -0.4 is 4.90 Å². The maximum Gasteiger partial charge on any atom is 0.254 e. The van der Waals surface area contributed by atoms with E-state index in [2.05, 4.69) is 4.98 Å². The number of nitrogens with zero attached hydrogens (tertiary/aromatic N) is 2. The monoisotopic (exact) mass is 360 g/mol. The Labute approximate surface area is 148 Å². The molecule has 0 bridgehead atoms. The Morgan fingerprint density at radius 3 is 2.24 bits per heavy atom. The second-order valence-corrected chi connectivity index (χ2v) is 8.39. The van der Waals surface area contributed by atoms with Crippen molar-refractivity contribution in [2.75, 3.05) is 32.4 Å². The first kappa shape index (κ1) is 17.6. The zero-order valence-electron chi connectivity index (χ0n) is 14.2. The molecule has 3 rings (SSSR count). The number of hydrogen-bond donors (Lipinski definition) is 1. The normalized spacial score (nSPS) is 16.0. The summed E-state index contributed by atoms with van der Waals surface area (Å²) in [5.41, 5.74) is 1.78. The van der Waals surface area contributed by atoms with E-state index in [1.807, 2.05) is 17.0 Å². The third kappa shape index (κ3) is 4.43. The largest absolute Gasteiger partial charge is 0.328 e. The molecule has 0 spiro atoms. The van der Waals surface area contributed by atoms with Crippen LogP contribution in [-0.4, -0.2) is 56.6 Å². The van der Waals surface area contributed by atoms with Crippen LogP contribution >= 0.6 is 0 Å². The van der Waals surface area contributed by atoms with Gasteiger partial charge in [0, 0.05) is 29.8 Å². The van der Waals surface area contributed by atoms with Crippen LogP contribution in [0, 0.1) is 0 Å². The van der Waals surface area contributed by atoms with Gasteiger partial charge < -0.3 is 9.80 Å². The zero-order chi connectivity index (χ0) is 17.9. The first-order valence-electron chi connectivity index (χ1n) is 8.25. The average Bonchev–Trinajstić information content (AvgIpc) is 2.62. The number of hydrogen-bond acceptors (Lipinski definition) is 4. The minimum Gasteiger partial charge on any atom is -0.328 e. The molecule has 1 aromatic carbocycles. The molecule has 0 unspecified atom stereocenters. The van der Waals surface area contributed by atoms with Gasteiger partial charge in [0.2, 0.25) is 0 Å². The molecule has 0 aliphatic carbocycles. The van der Waals surface area contributed by atoms with Crippen molar-refractivity contribution in [2.45, 2.75) is 11.4 Å². The van der Waals surface area contributed by atoms with Crippen molar-refractivity contribution in [3.05, 3.63) is 59.9 Å². The van der Waals surface area contributed by atoms with E-state index in [1.165, 1.54) is 22.6 Å². The molecule has 1 saturated heterocycles. The molecule has 7 heteroatoms. The van der Waals surface area contributed by atoms with Gasteiger partial charge in [-0.2, -0.15) is 0 Å². The van der Waals surface area contributed by atoms with E-state index in [-0.39, 0.29) is 10.8 Å². The summed E-state index contributed by atoms with van der Waals surface area (Å²) in [5, 5.41) is 0. The van der Waals surface area contributed by atoms with E-state index in [1.54, 1.807) is 24.5 Å². The molecule has 1 fully saturated rings. The molecule has 0 saturated carbocycles. The number of benzene rings is 1. The zero-order valence-corrected chi connectivity index (χ0v) is 15.0. The van der Waals surface area contributed by atoms with Crippen molar-refractivity contribution in [3.63, 3.8) is 0 Å². The Morgan fingerprint density at radius 1 is 1.08 bits per heavy atom. The Morgan fingerprint density at radius 2 is 1.68 bits per heavy atom. The van der Waals surface area contributed by atoms with Crippen LogP contribution in [-0.2, 0) is 16.4 Å². The van der Waals surface area contributed by atoms with Gasteiger partial charge in [-0.25, -0.2) is 8.42 Å². The van der Waals surface area contributed by atoms with E-state index < -0.39 is 9.84 Å². The average molecular weight is 360 g/mol. The van der Waals surface area contributed by atoms with Crippen LogP contribution in [0.4, 0.5) is 0 Å². The second kappa shape index (κ2) is 7.33. The van der Waals surface area contributed by atoms with Gasteiger partial charge in [0.15, 0.2) is 9.84 Å². The van der Waals surface area contributed by atoms with E-state index in [4.69, 9.17) is 0 Å². The molecule has 1 aromatic heterocycles. The highest BCUT2D eigenvalue weighted by Crippen LogP contribution is 2.12. The van der Waals surface area contributed by atoms with Crippen LogP contribution in [0.2, 0.25) is 0 Å². The van der Waals surface area contributed by atoms with Gasteiger partial charge in [0.05, 0.1) is 31.1 Å². The number of aromatic nitrogens is 1. The van der Waals surface area contributed by atoms with Gasteiger partial charge in [-0.05, 0) is 36.4 Å². The standard InChI is InChI=1S/C18H21N3O3S/c1-25(23,24)17-4-2-16(3-5-17)18(22)21-12-10-20(11-13-21)14-15-6-8-19-9-7-15/h2-9H,10-14H2,1H3/p+1. The highest BCUT2D eigenvalue weighted by Gasteiger charge is 2.24. The molecular weight excluding hydrogens is 338 g/mol. The predicted octanol–water partition coefficient (Wildman–Crippen LogP) is 0.0260. The topological polar surface area (TPSA) is 71.8 Å². The minimum absolute atomic E-state index is 0.0389. The molecule has 6 nitrogen and oxygen atoms in total. The summed E-state index contributed by atoms with van der Waals surface area (Å²) in [6.45, 7) is 4.14. The smallest absolute Gasteiger partial charge is 0.254 e. The van der Waals surface area contributed by atoms with E-state index in [9.17, 15) is 13.2 Å². The number of piperazine rings is 1. The molecule has 0 atom stereocenters. The summed E-state index contributed by atoms with van der Waals surface area (Å²) in [6, 6.07) is 10.2. The number of amides is 1. The van der Waals surface area contributed by atoms with Crippen molar-refractivity contribution in [3.8, 4) is 0 Å². The number of quaternary nitrogens is 1. The quantitative estimate of drug-likeness (QED) is 0.835. The van der Waals surface area contributed by atoms with Crippen LogP contribution in [0.3, 0.4) is 0 Å². The van der Waals surface area contributed by atoms with Gasteiger partial charge in [0.1, 0.15) is 6.54 Å². The highest BCUT2D eigenvalue weighted by molar-refractivity contribution is 7.90. The number of sulfone groups is 1. The number of pyridine rings is 1. The summed E-state index contributed by atoms with van der Waals surface area (Å²) in [4.78, 5) is 20.1. The Kier molecular flexibility index (Phi) is 5.15. The minimum atomic E-state index is -3.24. The summed E-state index contributed by atoms with van der Waals surface area (Å²) >= 11 is 0. The lowest BCUT2D eigenvalue weighted by Crippen LogP contribution is -3.13. The summed E-state index contributed by atoms with van der Waals surface area (Å²) in [6.07, 6.45) is 4.76. The van der Waals surface area contributed by atoms with Crippen LogP contribution in [0.1, 0.15) is 15.9 Å². The first-order chi connectivity index (χ1) is 11.9. The lowest BCUT2D eigenvalue weighted by Gasteiger charge is -2.32. The van der Waals surface area contributed by atoms with Gasteiger partial charge in [0.25, 0.3) is 5.91 Å². The van der Waals surface area contributed by atoms with E-state index >= 15 is 0 Å². The molecule has 1 amide bonds. The molecule has 2 aromatic rings. The van der Waals surface area contributed by atoms with Crippen molar-refractivity contribution in [1.29, 1.82) is 0 Å². The highest BCUT2D eigenvalue weighted by atomic mass is 32.2. The van der Waals surface area contributed by atoms with Crippen LogP contribution in [0.5, 0.6) is 0 Å². The lowest BCUT2D eigenvalue weighted by atomic mass is 10.1. The number of rotatable bonds is 4. The van der Waals surface area contributed by atoms with Gasteiger partial charge >= 0.3 is 0 Å². The summed E-state index contributed by atoms with van der Waals surface area (Å²) < 4.78 is 23.0.